The third-order valence-corrected chi connectivity index (χ3v) is 4.91. The Hall–Kier alpha value is -0.910. The number of hydrogen-bond acceptors (Lipinski definition) is 5. The van der Waals surface area contributed by atoms with Gasteiger partial charge >= 0.3 is 0 Å². The van der Waals surface area contributed by atoms with Crippen molar-refractivity contribution in [3.63, 3.8) is 0 Å². The molecule has 0 fully saturated rings. The molecule has 1 heterocycles. The molecular formula is C15H21N3S2. The smallest absolute Gasteiger partial charge is 0.174 e. The van der Waals surface area contributed by atoms with Crippen LogP contribution in [0.3, 0.4) is 0 Å². The fourth-order valence-corrected chi connectivity index (χ4v) is 3.71. The lowest BCUT2D eigenvalue weighted by Crippen LogP contribution is -2.19. The molecule has 0 aliphatic heterocycles. The van der Waals surface area contributed by atoms with Crippen LogP contribution < -0.4 is 5.32 Å². The fourth-order valence-electron chi connectivity index (χ4n) is 2.04. The number of aromatic nitrogens is 2. The molecule has 1 N–H and O–H groups in total. The standard InChI is InChI=1S/C15H21N3S2/c1-4-13(16-6-3)11-7-9-12(10-8-11)19-15-17-14(5-2)18-20-15/h7-10,13,16H,4-6H2,1-3H3. The summed E-state index contributed by atoms with van der Waals surface area (Å²) in [5.41, 5.74) is 1.35. The van der Waals surface area contributed by atoms with Crippen molar-refractivity contribution in [3.05, 3.63) is 35.7 Å². The average Bonchev–Trinajstić information content (AvgIpc) is 2.93. The highest BCUT2D eigenvalue weighted by Crippen LogP contribution is 2.30. The van der Waals surface area contributed by atoms with E-state index in [1.54, 1.807) is 11.8 Å². The molecule has 2 aromatic rings. The van der Waals surface area contributed by atoms with Crippen molar-refractivity contribution in [2.45, 2.75) is 48.9 Å². The van der Waals surface area contributed by atoms with Gasteiger partial charge in [0.1, 0.15) is 5.82 Å². The molecule has 1 unspecified atom stereocenters. The predicted molar refractivity (Wildman–Crippen MR) is 86.6 cm³/mol. The Kier molecular flexibility index (Phi) is 6.01. The number of hydrogen-bond donors (Lipinski definition) is 1. The van der Waals surface area contributed by atoms with Gasteiger partial charge in [-0.15, -0.1) is 0 Å². The van der Waals surface area contributed by atoms with E-state index in [-0.39, 0.29) is 0 Å². The van der Waals surface area contributed by atoms with Crippen molar-refractivity contribution in [1.82, 2.24) is 14.7 Å². The lowest BCUT2D eigenvalue weighted by atomic mass is 10.1. The molecule has 20 heavy (non-hydrogen) atoms. The third kappa shape index (κ3) is 4.04. The predicted octanol–water partition coefficient (Wildman–Crippen LogP) is 4.31. The number of aryl methyl sites for hydroxylation is 1. The lowest BCUT2D eigenvalue weighted by molar-refractivity contribution is 0.537. The summed E-state index contributed by atoms with van der Waals surface area (Å²) in [4.78, 5) is 5.71. The molecule has 0 saturated carbocycles. The van der Waals surface area contributed by atoms with Crippen LogP contribution >= 0.6 is 23.3 Å². The molecule has 0 radical (unpaired) electrons. The van der Waals surface area contributed by atoms with E-state index in [0.29, 0.717) is 6.04 Å². The molecule has 0 aliphatic rings. The van der Waals surface area contributed by atoms with Crippen molar-refractivity contribution in [3.8, 4) is 0 Å². The zero-order valence-corrected chi connectivity index (χ0v) is 13.9. The van der Waals surface area contributed by atoms with Crippen LogP contribution in [0.1, 0.15) is 44.6 Å². The first-order chi connectivity index (χ1) is 9.76. The Morgan fingerprint density at radius 1 is 1.20 bits per heavy atom. The van der Waals surface area contributed by atoms with Crippen LogP contribution in [0.25, 0.3) is 0 Å². The van der Waals surface area contributed by atoms with Gasteiger partial charge in [0, 0.05) is 17.4 Å². The molecule has 3 nitrogen and oxygen atoms in total. The summed E-state index contributed by atoms with van der Waals surface area (Å²) in [6.07, 6.45) is 2.01. The highest BCUT2D eigenvalue weighted by atomic mass is 32.2. The van der Waals surface area contributed by atoms with Crippen molar-refractivity contribution < 1.29 is 0 Å². The van der Waals surface area contributed by atoms with E-state index < -0.39 is 0 Å². The Bertz CT molecular complexity index is 522. The summed E-state index contributed by atoms with van der Waals surface area (Å²) in [7, 11) is 0. The van der Waals surface area contributed by atoms with E-state index in [1.807, 2.05) is 0 Å². The van der Waals surface area contributed by atoms with Gasteiger partial charge < -0.3 is 5.32 Å². The van der Waals surface area contributed by atoms with Crippen LogP contribution in [0.2, 0.25) is 0 Å². The molecule has 0 spiro atoms. The molecule has 0 aliphatic carbocycles. The first-order valence-electron chi connectivity index (χ1n) is 7.10. The third-order valence-electron chi connectivity index (χ3n) is 3.11. The summed E-state index contributed by atoms with van der Waals surface area (Å²) >= 11 is 3.17. The summed E-state index contributed by atoms with van der Waals surface area (Å²) in [5, 5.41) is 3.50. The van der Waals surface area contributed by atoms with Gasteiger partial charge in [-0.1, -0.05) is 44.7 Å². The Balaban J connectivity index is 2.03. The van der Waals surface area contributed by atoms with E-state index in [2.05, 4.69) is 59.7 Å². The number of benzene rings is 1. The van der Waals surface area contributed by atoms with E-state index in [1.165, 1.54) is 22.0 Å². The quantitative estimate of drug-likeness (QED) is 0.827. The first kappa shape index (κ1) is 15.5. The van der Waals surface area contributed by atoms with E-state index >= 15 is 0 Å². The van der Waals surface area contributed by atoms with Crippen LogP contribution in [0.4, 0.5) is 0 Å². The average molecular weight is 307 g/mol. The minimum absolute atomic E-state index is 0.451. The second-order valence-electron chi connectivity index (χ2n) is 4.52. The molecule has 0 amide bonds. The molecule has 2 rings (SSSR count). The zero-order valence-electron chi connectivity index (χ0n) is 12.2. The fraction of sp³-hybridized carbons (Fsp3) is 0.467. The maximum absolute atomic E-state index is 4.49. The van der Waals surface area contributed by atoms with Crippen LogP contribution in [0.5, 0.6) is 0 Å². The van der Waals surface area contributed by atoms with Crippen molar-refractivity contribution >= 4 is 23.3 Å². The lowest BCUT2D eigenvalue weighted by Gasteiger charge is -2.16. The Labute approximate surface area is 129 Å². The molecule has 1 atom stereocenters. The molecule has 0 bridgehead atoms. The van der Waals surface area contributed by atoms with Gasteiger partial charge in [-0.25, -0.2) is 4.98 Å². The minimum atomic E-state index is 0.451. The number of rotatable bonds is 7. The Morgan fingerprint density at radius 2 is 1.95 bits per heavy atom. The van der Waals surface area contributed by atoms with Crippen molar-refractivity contribution in [2.75, 3.05) is 6.54 Å². The summed E-state index contributed by atoms with van der Waals surface area (Å²) in [5.74, 6) is 0.937. The first-order valence-corrected chi connectivity index (χ1v) is 8.69. The van der Waals surface area contributed by atoms with Crippen molar-refractivity contribution in [2.24, 2.45) is 0 Å². The monoisotopic (exact) mass is 307 g/mol. The maximum atomic E-state index is 4.49. The summed E-state index contributed by atoms with van der Waals surface area (Å²) in [6, 6.07) is 9.22. The van der Waals surface area contributed by atoms with Crippen LogP contribution in [-0.2, 0) is 6.42 Å². The van der Waals surface area contributed by atoms with Gasteiger partial charge in [-0.3, -0.25) is 0 Å². The molecule has 108 valence electrons. The normalized spacial score (nSPS) is 12.6. The summed E-state index contributed by atoms with van der Waals surface area (Å²) in [6.45, 7) is 7.44. The van der Waals surface area contributed by atoms with Gasteiger partial charge in [-0.05, 0) is 42.2 Å². The Morgan fingerprint density at radius 3 is 2.50 bits per heavy atom. The molecule has 1 aromatic carbocycles. The van der Waals surface area contributed by atoms with E-state index in [9.17, 15) is 0 Å². The van der Waals surface area contributed by atoms with Crippen LogP contribution in [0, 0.1) is 0 Å². The summed E-state index contributed by atoms with van der Waals surface area (Å²) < 4.78 is 5.34. The second-order valence-corrected chi connectivity index (χ2v) is 6.59. The van der Waals surface area contributed by atoms with Gasteiger partial charge in [0.15, 0.2) is 4.34 Å². The van der Waals surface area contributed by atoms with Crippen LogP contribution in [-0.4, -0.2) is 15.9 Å². The highest BCUT2D eigenvalue weighted by Gasteiger charge is 2.08. The van der Waals surface area contributed by atoms with Gasteiger partial charge in [-0.2, -0.15) is 4.37 Å². The molecule has 0 saturated heterocycles. The molecule has 1 aromatic heterocycles. The minimum Gasteiger partial charge on any atom is -0.310 e. The zero-order chi connectivity index (χ0) is 14.4. The van der Waals surface area contributed by atoms with Crippen molar-refractivity contribution in [1.29, 1.82) is 0 Å². The van der Waals surface area contributed by atoms with E-state index in [0.717, 1.165) is 29.6 Å². The molecular weight excluding hydrogens is 286 g/mol. The maximum Gasteiger partial charge on any atom is 0.174 e. The topological polar surface area (TPSA) is 37.8 Å². The van der Waals surface area contributed by atoms with Gasteiger partial charge in [0.25, 0.3) is 0 Å². The SMILES string of the molecule is CCNC(CC)c1ccc(Sc2nc(CC)ns2)cc1. The molecule has 5 heteroatoms. The number of nitrogens with one attached hydrogen (secondary N) is 1. The number of nitrogens with zero attached hydrogens (tertiary/aromatic N) is 2. The highest BCUT2D eigenvalue weighted by molar-refractivity contribution is 8.01. The van der Waals surface area contributed by atoms with Gasteiger partial charge in [0.05, 0.1) is 0 Å². The second kappa shape index (κ2) is 7.76. The van der Waals surface area contributed by atoms with E-state index in [4.69, 9.17) is 0 Å². The van der Waals surface area contributed by atoms with Crippen LogP contribution in [0.15, 0.2) is 33.5 Å². The largest absolute Gasteiger partial charge is 0.310 e. The van der Waals surface area contributed by atoms with Gasteiger partial charge in [0.2, 0.25) is 0 Å².